The van der Waals surface area contributed by atoms with Crippen molar-refractivity contribution in [3.05, 3.63) is 95.4 Å². The molecule has 0 aliphatic heterocycles. The predicted octanol–water partition coefficient (Wildman–Crippen LogP) is 5.53. The zero-order valence-corrected chi connectivity index (χ0v) is 18.0. The summed E-state index contributed by atoms with van der Waals surface area (Å²) in [6, 6.07) is 24.1. The summed E-state index contributed by atoms with van der Waals surface area (Å²) in [5.74, 6) is 0. The number of thiazole rings is 1. The third-order valence-electron chi connectivity index (χ3n) is 4.60. The van der Waals surface area contributed by atoms with Gasteiger partial charge in [-0.05, 0) is 30.7 Å². The molecule has 1 heterocycles. The van der Waals surface area contributed by atoms with Crippen LogP contribution in [0.15, 0.2) is 89.1 Å². The first-order valence-electron chi connectivity index (χ1n) is 9.43. The first-order chi connectivity index (χ1) is 14.5. The van der Waals surface area contributed by atoms with Crippen LogP contribution < -0.4 is 10.0 Å². The Labute approximate surface area is 180 Å². The average Bonchev–Trinajstić information content (AvgIpc) is 3.23. The van der Waals surface area contributed by atoms with Gasteiger partial charge in [0.2, 0.25) is 0 Å². The standard InChI is InChI=1S/C23H21N3O2S2/c1-17-11-13-20(14-12-17)30(27,28)26-21-10-6-5-9-19(21)15-24-23-25-22(16-29-23)18-7-3-2-4-8-18/h2-14,16,26H,15H2,1H3,(H,24,25). The molecule has 0 aliphatic carbocycles. The van der Waals surface area contributed by atoms with E-state index in [2.05, 4.69) is 15.0 Å². The number of hydrogen-bond acceptors (Lipinski definition) is 5. The minimum atomic E-state index is -3.66. The third-order valence-corrected chi connectivity index (χ3v) is 6.78. The quantitative estimate of drug-likeness (QED) is 0.400. The smallest absolute Gasteiger partial charge is 0.261 e. The van der Waals surface area contributed by atoms with E-state index in [-0.39, 0.29) is 4.90 Å². The molecule has 152 valence electrons. The number of anilines is 2. The van der Waals surface area contributed by atoms with Gasteiger partial charge in [0.1, 0.15) is 0 Å². The summed E-state index contributed by atoms with van der Waals surface area (Å²) in [4.78, 5) is 4.86. The number of para-hydroxylation sites is 1. The zero-order valence-electron chi connectivity index (χ0n) is 16.4. The molecule has 30 heavy (non-hydrogen) atoms. The molecule has 2 N–H and O–H groups in total. The number of nitrogens with one attached hydrogen (secondary N) is 2. The van der Waals surface area contributed by atoms with E-state index >= 15 is 0 Å². The van der Waals surface area contributed by atoms with Crippen molar-refractivity contribution in [2.45, 2.75) is 18.4 Å². The first kappa shape index (κ1) is 20.1. The lowest BCUT2D eigenvalue weighted by molar-refractivity contribution is 0.601. The van der Waals surface area contributed by atoms with E-state index in [4.69, 9.17) is 0 Å². The molecule has 0 aliphatic rings. The van der Waals surface area contributed by atoms with E-state index in [1.165, 1.54) is 11.3 Å². The SMILES string of the molecule is Cc1ccc(S(=O)(=O)Nc2ccccc2CNc2nc(-c3ccccc3)cs2)cc1. The highest BCUT2D eigenvalue weighted by Gasteiger charge is 2.16. The molecule has 0 spiro atoms. The van der Waals surface area contributed by atoms with Crippen LogP contribution in [0.1, 0.15) is 11.1 Å². The number of hydrogen-bond donors (Lipinski definition) is 2. The van der Waals surface area contributed by atoms with Gasteiger partial charge in [-0.2, -0.15) is 0 Å². The zero-order chi connectivity index (χ0) is 21.0. The van der Waals surface area contributed by atoms with Gasteiger partial charge in [-0.3, -0.25) is 4.72 Å². The van der Waals surface area contributed by atoms with E-state index in [0.29, 0.717) is 12.2 Å². The molecule has 4 aromatic rings. The summed E-state index contributed by atoms with van der Waals surface area (Å²) < 4.78 is 28.2. The topological polar surface area (TPSA) is 71.1 Å². The molecule has 5 nitrogen and oxygen atoms in total. The van der Waals surface area contributed by atoms with Crippen LogP contribution in [0, 0.1) is 6.92 Å². The Morgan fingerprint density at radius 3 is 2.37 bits per heavy atom. The average molecular weight is 436 g/mol. The molecular formula is C23H21N3O2S2. The van der Waals surface area contributed by atoms with Gasteiger partial charge >= 0.3 is 0 Å². The number of aryl methyl sites for hydroxylation is 1. The molecule has 0 bridgehead atoms. The highest BCUT2D eigenvalue weighted by molar-refractivity contribution is 7.92. The van der Waals surface area contributed by atoms with Gasteiger partial charge in [0, 0.05) is 17.5 Å². The van der Waals surface area contributed by atoms with Gasteiger partial charge < -0.3 is 5.32 Å². The molecule has 3 aromatic carbocycles. The molecule has 0 fully saturated rings. The van der Waals surface area contributed by atoms with E-state index in [1.54, 1.807) is 30.3 Å². The first-order valence-corrected chi connectivity index (χ1v) is 11.8. The third kappa shape index (κ3) is 4.69. The monoisotopic (exact) mass is 435 g/mol. The summed E-state index contributed by atoms with van der Waals surface area (Å²) in [7, 11) is -3.66. The Balaban J connectivity index is 1.49. The minimum absolute atomic E-state index is 0.239. The molecule has 0 saturated heterocycles. The van der Waals surface area contributed by atoms with Crippen molar-refractivity contribution in [3.8, 4) is 11.3 Å². The number of rotatable bonds is 7. The number of nitrogens with zero attached hydrogens (tertiary/aromatic N) is 1. The summed E-state index contributed by atoms with van der Waals surface area (Å²) in [6.07, 6.45) is 0. The van der Waals surface area contributed by atoms with Crippen molar-refractivity contribution >= 4 is 32.2 Å². The number of sulfonamides is 1. The Bertz CT molecular complexity index is 1230. The van der Waals surface area contributed by atoms with Gasteiger partial charge in [-0.1, -0.05) is 66.2 Å². The highest BCUT2D eigenvalue weighted by Crippen LogP contribution is 2.26. The van der Waals surface area contributed by atoms with E-state index in [1.807, 2.05) is 60.8 Å². The lowest BCUT2D eigenvalue weighted by Gasteiger charge is -2.13. The maximum atomic E-state index is 12.8. The second-order valence-corrected chi connectivity index (χ2v) is 9.37. The fourth-order valence-corrected chi connectivity index (χ4v) is 4.78. The molecule has 0 atom stereocenters. The van der Waals surface area contributed by atoms with Gasteiger partial charge in [-0.25, -0.2) is 13.4 Å². The van der Waals surface area contributed by atoms with Crippen LogP contribution in [0.3, 0.4) is 0 Å². The lowest BCUT2D eigenvalue weighted by Crippen LogP contribution is -2.15. The molecular weight excluding hydrogens is 414 g/mol. The van der Waals surface area contributed by atoms with Gasteiger partial charge in [-0.15, -0.1) is 11.3 Å². The van der Waals surface area contributed by atoms with Crippen molar-refractivity contribution in [2.24, 2.45) is 0 Å². The molecule has 0 radical (unpaired) electrons. The van der Waals surface area contributed by atoms with Crippen LogP contribution >= 0.6 is 11.3 Å². The van der Waals surface area contributed by atoms with Crippen LogP contribution in [0.2, 0.25) is 0 Å². The van der Waals surface area contributed by atoms with Crippen molar-refractivity contribution in [2.75, 3.05) is 10.0 Å². The summed E-state index contributed by atoms with van der Waals surface area (Å²) in [5.41, 5.74) is 4.37. The molecule has 0 saturated carbocycles. The Kier molecular flexibility index (Phi) is 5.83. The van der Waals surface area contributed by atoms with Crippen molar-refractivity contribution in [1.82, 2.24) is 4.98 Å². The Hall–Kier alpha value is -3.16. The molecule has 7 heteroatoms. The number of aromatic nitrogens is 1. The molecule has 0 amide bonds. The highest BCUT2D eigenvalue weighted by atomic mass is 32.2. The number of benzene rings is 3. The lowest BCUT2D eigenvalue weighted by atomic mass is 10.2. The van der Waals surface area contributed by atoms with E-state index in [0.717, 1.165) is 27.5 Å². The van der Waals surface area contributed by atoms with Gasteiger partial charge in [0.05, 0.1) is 16.3 Å². The van der Waals surface area contributed by atoms with Crippen LogP contribution in [0.4, 0.5) is 10.8 Å². The summed E-state index contributed by atoms with van der Waals surface area (Å²) >= 11 is 1.52. The minimum Gasteiger partial charge on any atom is -0.357 e. The van der Waals surface area contributed by atoms with Gasteiger partial charge in [0.15, 0.2) is 5.13 Å². The van der Waals surface area contributed by atoms with Crippen LogP contribution in [0.5, 0.6) is 0 Å². The van der Waals surface area contributed by atoms with Crippen molar-refractivity contribution in [1.29, 1.82) is 0 Å². The predicted molar refractivity (Wildman–Crippen MR) is 123 cm³/mol. The van der Waals surface area contributed by atoms with Crippen molar-refractivity contribution in [3.63, 3.8) is 0 Å². The second-order valence-electron chi connectivity index (χ2n) is 6.83. The van der Waals surface area contributed by atoms with E-state index < -0.39 is 10.0 Å². The molecule has 1 aromatic heterocycles. The van der Waals surface area contributed by atoms with E-state index in [9.17, 15) is 8.42 Å². The largest absolute Gasteiger partial charge is 0.357 e. The molecule has 4 rings (SSSR count). The second kappa shape index (κ2) is 8.69. The molecule has 0 unspecified atom stereocenters. The summed E-state index contributed by atoms with van der Waals surface area (Å²) in [5, 5.41) is 6.08. The fourth-order valence-electron chi connectivity index (χ4n) is 2.96. The van der Waals surface area contributed by atoms with Crippen LogP contribution in [0.25, 0.3) is 11.3 Å². The normalized spacial score (nSPS) is 11.2. The fraction of sp³-hybridized carbons (Fsp3) is 0.0870. The van der Waals surface area contributed by atoms with Gasteiger partial charge in [0.25, 0.3) is 10.0 Å². The Morgan fingerprint density at radius 2 is 1.60 bits per heavy atom. The van der Waals surface area contributed by atoms with Crippen molar-refractivity contribution < 1.29 is 8.42 Å². The summed E-state index contributed by atoms with van der Waals surface area (Å²) in [6.45, 7) is 2.38. The maximum Gasteiger partial charge on any atom is 0.261 e. The Morgan fingerprint density at radius 1 is 0.900 bits per heavy atom. The van der Waals surface area contributed by atoms with Crippen LogP contribution in [-0.4, -0.2) is 13.4 Å². The van der Waals surface area contributed by atoms with Crippen LogP contribution in [-0.2, 0) is 16.6 Å². The maximum absolute atomic E-state index is 12.8.